The molecule has 96 valence electrons. The van der Waals surface area contributed by atoms with Crippen molar-refractivity contribution in [2.75, 3.05) is 0 Å². The Labute approximate surface area is 99.8 Å². The van der Waals surface area contributed by atoms with Gasteiger partial charge in [0.05, 0.1) is 9.79 Å². The molecule has 1 aromatic rings. The molecule has 0 bridgehead atoms. The van der Waals surface area contributed by atoms with Crippen LogP contribution in [0.25, 0.3) is 0 Å². The van der Waals surface area contributed by atoms with Crippen molar-refractivity contribution >= 4 is 20.2 Å². The minimum absolute atomic E-state index is 0.127. The van der Waals surface area contributed by atoms with E-state index in [1.54, 1.807) is 13.8 Å². The molecule has 0 aliphatic heterocycles. The van der Waals surface area contributed by atoms with E-state index >= 15 is 0 Å². The van der Waals surface area contributed by atoms with Gasteiger partial charge >= 0.3 is 0 Å². The Hall–Kier alpha value is -0.960. The van der Waals surface area contributed by atoms with Gasteiger partial charge in [-0.2, -0.15) is 16.8 Å². The quantitative estimate of drug-likeness (QED) is 0.808. The fourth-order valence-electron chi connectivity index (χ4n) is 1.37. The third-order valence-electron chi connectivity index (χ3n) is 2.18. The lowest BCUT2D eigenvalue weighted by Gasteiger charge is -2.11. The molecule has 0 aromatic heterocycles. The molecule has 0 heterocycles. The zero-order valence-electron chi connectivity index (χ0n) is 9.15. The molecular weight excluding hydrogens is 268 g/mol. The molecule has 1 aromatic carbocycles. The van der Waals surface area contributed by atoms with Gasteiger partial charge in [0.15, 0.2) is 0 Å². The summed E-state index contributed by atoms with van der Waals surface area (Å²) in [5.74, 6) is -0.325. The van der Waals surface area contributed by atoms with Crippen molar-refractivity contribution in [3.63, 3.8) is 0 Å². The van der Waals surface area contributed by atoms with E-state index in [2.05, 4.69) is 0 Å². The molecule has 8 heteroatoms. The molecule has 0 radical (unpaired) electrons. The van der Waals surface area contributed by atoms with Crippen molar-refractivity contribution in [3.05, 3.63) is 23.8 Å². The van der Waals surface area contributed by atoms with Gasteiger partial charge in [-0.05, 0) is 29.7 Å². The first-order valence-corrected chi connectivity index (χ1v) is 7.50. The number of rotatable bonds is 3. The first-order valence-electron chi connectivity index (χ1n) is 4.62. The lowest BCUT2D eigenvalue weighted by atomic mass is 10.0. The molecule has 0 amide bonds. The van der Waals surface area contributed by atoms with Gasteiger partial charge < -0.3 is 0 Å². The van der Waals surface area contributed by atoms with Crippen molar-refractivity contribution in [2.24, 2.45) is 0 Å². The van der Waals surface area contributed by atoms with Crippen LogP contribution < -0.4 is 0 Å². The molecule has 2 N–H and O–H groups in total. The lowest BCUT2D eigenvalue weighted by Crippen LogP contribution is -2.07. The summed E-state index contributed by atoms with van der Waals surface area (Å²) >= 11 is 0. The molecule has 0 spiro atoms. The monoisotopic (exact) mass is 280 g/mol. The van der Waals surface area contributed by atoms with Crippen LogP contribution in [-0.4, -0.2) is 25.9 Å². The molecule has 1 rings (SSSR count). The Morgan fingerprint density at radius 3 is 1.88 bits per heavy atom. The fraction of sp³-hybridized carbons (Fsp3) is 0.333. The summed E-state index contributed by atoms with van der Waals surface area (Å²) in [5.41, 5.74) is 0.127. The van der Waals surface area contributed by atoms with Crippen LogP contribution in [0.5, 0.6) is 0 Å². The highest BCUT2D eigenvalue weighted by Gasteiger charge is 2.20. The van der Waals surface area contributed by atoms with Crippen LogP contribution in [0.3, 0.4) is 0 Å². The van der Waals surface area contributed by atoms with E-state index in [0.717, 1.165) is 18.2 Å². The maximum Gasteiger partial charge on any atom is 0.294 e. The summed E-state index contributed by atoms with van der Waals surface area (Å²) in [4.78, 5) is -0.770. The summed E-state index contributed by atoms with van der Waals surface area (Å²) in [7, 11) is -8.81. The smallest absolute Gasteiger partial charge is 0.282 e. The first kappa shape index (κ1) is 14.1. The Bertz CT molecular complexity index is 627. The van der Waals surface area contributed by atoms with E-state index in [-0.39, 0.29) is 16.4 Å². The van der Waals surface area contributed by atoms with Crippen molar-refractivity contribution in [1.82, 2.24) is 0 Å². The standard InChI is InChI=1S/C9H12O6S2/c1-6(2)8-5-7(16(10,11)12)3-4-9(8)17(13,14)15/h3-6H,1-2H3,(H,10,11,12)(H,13,14,15). The highest BCUT2D eigenvalue weighted by molar-refractivity contribution is 7.86. The molecule has 0 aliphatic carbocycles. The second-order valence-electron chi connectivity index (χ2n) is 3.80. The zero-order valence-corrected chi connectivity index (χ0v) is 10.8. The minimum Gasteiger partial charge on any atom is -0.282 e. The van der Waals surface area contributed by atoms with Crippen molar-refractivity contribution < 1.29 is 25.9 Å². The van der Waals surface area contributed by atoms with Gasteiger partial charge in [0.25, 0.3) is 20.2 Å². The third-order valence-corrected chi connectivity index (χ3v) is 3.96. The average molecular weight is 280 g/mol. The van der Waals surface area contributed by atoms with E-state index in [1.807, 2.05) is 0 Å². The molecule has 17 heavy (non-hydrogen) atoms. The van der Waals surface area contributed by atoms with E-state index in [4.69, 9.17) is 9.11 Å². The predicted octanol–water partition coefficient (Wildman–Crippen LogP) is 1.30. The fourth-order valence-corrected chi connectivity index (χ4v) is 2.72. The van der Waals surface area contributed by atoms with Crippen LogP contribution in [0.15, 0.2) is 28.0 Å². The normalized spacial score (nSPS) is 13.0. The topological polar surface area (TPSA) is 109 Å². The summed E-state index contributed by atoms with van der Waals surface area (Å²) < 4.78 is 61.8. The average Bonchev–Trinajstić information content (AvgIpc) is 2.14. The van der Waals surface area contributed by atoms with Gasteiger partial charge in [0.1, 0.15) is 0 Å². The SMILES string of the molecule is CC(C)c1cc(S(=O)(=O)O)ccc1S(=O)(=O)O. The molecule has 0 aliphatic rings. The Morgan fingerprint density at radius 1 is 1.00 bits per heavy atom. The van der Waals surface area contributed by atoms with Crippen molar-refractivity contribution in [1.29, 1.82) is 0 Å². The Morgan fingerprint density at radius 2 is 1.53 bits per heavy atom. The highest BCUT2D eigenvalue weighted by Crippen LogP contribution is 2.26. The summed E-state index contributed by atoms with van der Waals surface area (Å²) in [6.45, 7) is 3.27. The van der Waals surface area contributed by atoms with E-state index in [1.165, 1.54) is 0 Å². The summed E-state index contributed by atoms with van der Waals surface area (Å²) in [5, 5.41) is 0. The van der Waals surface area contributed by atoms with Gasteiger partial charge in [-0.15, -0.1) is 0 Å². The van der Waals surface area contributed by atoms with Gasteiger partial charge in [-0.25, -0.2) is 0 Å². The maximum absolute atomic E-state index is 11.1. The van der Waals surface area contributed by atoms with Crippen LogP contribution in [-0.2, 0) is 20.2 Å². The van der Waals surface area contributed by atoms with Crippen LogP contribution in [0.1, 0.15) is 25.3 Å². The Balaban J connectivity index is 3.60. The van der Waals surface area contributed by atoms with Crippen LogP contribution in [0.4, 0.5) is 0 Å². The van der Waals surface area contributed by atoms with Crippen LogP contribution >= 0.6 is 0 Å². The van der Waals surface area contributed by atoms with Crippen molar-refractivity contribution in [3.8, 4) is 0 Å². The number of hydrogen-bond donors (Lipinski definition) is 2. The van der Waals surface area contributed by atoms with Gasteiger partial charge in [0, 0.05) is 0 Å². The van der Waals surface area contributed by atoms with Gasteiger partial charge in [-0.3, -0.25) is 9.11 Å². The summed E-state index contributed by atoms with van der Waals surface area (Å²) in [6, 6.07) is 2.90. The molecule has 6 nitrogen and oxygen atoms in total. The molecule has 0 saturated heterocycles. The van der Waals surface area contributed by atoms with Crippen LogP contribution in [0.2, 0.25) is 0 Å². The number of benzene rings is 1. The Kier molecular flexibility index (Phi) is 3.63. The maximum atomic E-state index is 11.1. The van der Waals surface area contributed by atoms with E-state index in [9.17, 15) is 16.8 Å². The van der Waals surface area contributed by atoms with Gasteiger partial charge in [0.2, 0.25) is 0 Å². The molecular formula is C9H12O6S2. The van der Waals surface area contributed by atoms with E-state index in [0.29, 0.717) is 0 Å². The van der Waals surface area contributed by atoms with Gasteiger partial charge in [-0.1, -0.05) is 13.8 Å². The third kappa shape index (κ3) is 3.25. The first-order chi connectivity index (χ1) is 7.53. The second kappa shape index (κ2) is 4.37. The van der Waals surface area contributed by atoms with Crippen LogP contribution in [0, 0.1) is 0 Å². The predicted molar refractivity (Wildman–Crippen MR) is 60.2 cm³/mol. The molecule has 0 fully saturated rings. The lowest BCUT2D eigenvalue weighted by molar-refractivity contribution is 0.476. The zero-order chi connectivity index (χ0) is 13.4. The molecule has 0 unspecified atom stereocenters. The van der Waals surface area contributed by atoms with Crippen molar-refractivity contribution in [2.45, 2.75) is 29.6 Å². The minimum atomic E-state index is -4.42. The molecule has 0 atom stereocenters. The van der Waals surface area contributed by atoms with E-state index < -0.39 is 25.1 Å². The largest absolute Gasteiger partial charge is 0.294 e. The molecule has 0 saturated carbocycles. The highest BCUT2D eigenvalue weighted by atomic mass is 32.2. The second-order valence-corrected chi connectivity index (χ2v) is 6.62. The summed E-state index contributed by atoms with van der Waals surface area (Å²) in [6.07, 6.45) is 0. The number of hydrogen-bond acceptors (Lipinski definition) is 4.